The van der Waals surface area contributed by atoms with Gasteiger partial charge in [-0.1, -0.05) is 53.5 Å². The van der Waals surface area contributed by atoms with Crippen LogP contribution in [0, 0.1) is 0 Å². The Bertz CT molecular complexity index is 1120. The first-order valence-corrected chi connectivity index (χ1v) is 10.3. The van der Waals surface area contributed by atoms with Gasteiger partial charge in [0, 0.05) is 0 Å². The van der Waals surface area contributed by atoms with E-state index in [1.807, 2.05) is 0 Å². The maximum absolute atomic E-state index is 13.3. The van der Waals surface area contributed by atoms with Crippen LogP contribution in [0.5, 0.6) is 5.75 Å². The Morgan fingerprint density at radius 1 is 0.893 bits per heavy atom. The Kier molecular flexibility index (Phi) is 5.93. The zero-order valence-corrected chi connectivity index (χ0v) is 17.0. The minimum absolute atomic E-state index is 0.0395. The summed E-state index contributed by atoms with van der Waals surface area (Å²) >= 11 is 12.3. The van der Waals surface area contributed by atoms with Crippen molar-refractivity contribution in [3.63, 3.8) is 0 Å². The minimum atomic E-state index is -4.23. The molecule has 3 aromatic carbocycles. The first-order chi connectivity index (χ1) is 13.4. The number of nitrogens with zero attached hydrogens (tertiary/aromatic N) is 1. The molecule has 1 amide bonds. The van der Waals surface area contributed by atoms with Crippen molar-refractivity contribution in [3.05, 3.63) is 88.4 Å². The highest BCUT2D eigenvalue weighted by Crippen LogP contribution is 2.33. The van der Waals surface area contributed by atoms with Crippen molar-refractivity contribution in [3.8, 4) is 5.75 Å². The number of ether oxygens (including phenoxy) is 1. The molecule has 8 heteroatoms. The molecule has 0 saturated carbocycles. The molecule has 144 valence electrons. The molecule has 3 rings (SSSR count). The van der Waals surface area contributed by atoms with Crippen molar-refractivity contribution < 1.29 is 17.9 Å². The predicted molar refractivity (Wildman–Crippen MR) is 110 cm³/mol. The summed E-state index contributed by atoms with van der Waals surface area (Å²) < 4.78 is 32.4. The lowest BCUT2D eigenvalue weighted by atomic mass is 10.2. The number of amides is 1. The van der Waals surface area contributed by atoms with Gasteiger partial charge < -0.3 is 4.74 Å². The van der Waals surface area contributed by atoms with Crippen LogP contribution in [0.1, 0.15) is 10.4 Å². The normalized spacial score (nSPS) is 11.1. The second-order valence-electron chi connectivity index (χ2n) is 5.69. The van der Waals surface area contributed by atoms with Gasteiger partial charge in [0.15, 0.2) is 0 Å². The number of sulfonamides is 1. The summed E-state index contributed by atoms with van der Waals surface area (Å²) in [6, 6.07) is 18.2. The highest BCUT2D eigenvalue weighted by molar-refractivity contribution is 7.93. The molecule has 0 saturated heterocycles. The number of rotatable bonds is 5. The Morgan fingerprint density at radius 3 is 2.14 bits per heavy atom. The van der Waals surface area contributed by atoms with Crippen molar-refractivity contribution in [2.24, 2.45) is 0 Å². The minimum Gasteiger partial charge on any atom is -0.495 e. The van der Waals surface area contributed by atoms with E-state index in [-0.39, 0.29) is 26.2 Å². The summed E-state index contributed by atoms with van der Waals surface area (Å²) in [5.74, 6) is -0.441. The Labute approximate surface area is 173 Å². The van der Waals surface area contributed by atoms with Crippen LogP contribution >= 0.6 is 23.2 Å². The smallest absolute Gasteiger partial charge is 0.273 e. The van der Waals surface area contributed by atoms with Crippen molar-refractivity contribution in [2.75, 3.05) is 11.4 Å². The summed E-state index contributed by atoms with van der Waals surface area (Å²) in [4.78, 5) is 13.2. The summed E-state index contributed by atoms with van der Waals surface area (Å²) in [5, 5.41) is 0.306. The van der Waals surface area contributed by atoms with E-state index in [1.165, 1.54) is 49.6 Å². The quantitative estimate of drug-likeness (QED) is 0.562. The van der Waals surface area contributed by atoms with E-state index in [0.29, 0.717) is 10.1 Å². The van der Waals surface area contributed by atoms with Crippen LogP contribution in [0.15, 0.2) is 77.7 Å². The van der Waals surface area contributed by atoms with E-state index >= 15 is 0 Å². The third-order valence-electron chi connectivity index (χ3n) is 3.94. The van der Waals surface area contributed by atoms with Crippen LogP contribution in [0.3, 0.4) is 0 Å². The molecule has 0 N–H and O–H groups in total. The molecule has 0 spiro atoms. The van der Waals surface area contributed by atoms with E-state index in [9.17, 15) is 13.2 Å². The molecule has 0 atom stereocenters. The second kappa shape index (κ2) is 8.22. The fourth-order valence-electron chi connectivity index (χ4n) is 2.59. The molecule has 0 fully saturated rings. The molecule has 0 aliphatic rings. The van der Waals surface area contributed by atoms with Crippen molar-refractivity contribution in [1.82, 2.24) is 0 Å². The molecule has 0 aromatic heterocycles. The van der Waals surface area contributed by atoms with Crippen LogP contribution in [-0.2, 0) is 10.0 Å². The first kappa shape index (κ1) is 20.2. The van der Waals surface area contributed by atoms with Gasteiger partial charge in [-0.25, -0.2) is 8.42 Å². The molecule has 3 aromatic rings. The van der Waals surface area contributed by atoms with Gasteiger partial charge in [0.05, 0.1) is 33.3 Å². The SMILES string of the molecule is COc1ccc(N(C(=O)c2ccccc2Cl)S(=O)(=O)c2ccccc2)cc1Cl. The Hall–Kier alpha value is -2.54. The lowest BCUT2D eigenvalue weighted by Crippen LogP contribution is -2.37. The van der Waals surface area contributed by atoms with Gasteiger partial charge in [-0.2, -0.15) is 4.31 Å². The Balaban J connectivity index is 2.21. The zero-order valence-electron chi connectivity index (χ0n) is 14.7. The first-order valence-electron chi connectivity index (χ1n) is 8.09. The lowest BCUT2D eigenvalue weighted by Gasteiger charge is -2.23. The van der Waals surface area contributed by atoms with Gasteiger partial charge in [0.25, 0.3) is 15.9 Å². The van der Waals surface area contributed by atoms with E-state index in [1.54, 1.807) is 30.3 Å². The molecule has 0 unspecified atom stereocenters. The van der Waals surface area contributed by atoms with Crippen LogP contribution in [0.4, 0.5) is 5.69 Å². The summed E-state index contributed by atoms with van der Waals surface area (Å²) in [5.41, 5.74) is 0.121. The van der Waals surface area contributed by atoms with Crippen molar-refractivity contribution >= 4 is 44.8 Å². The molecular formula is C20H15Cl2NO4S. The summed E-state index contributed by atoms with van der Waals surface area (Å²) in [6.45, 7) is 0. The molecular weight excluding hydrogens is 421 g/mol. The number of halogens is 2. The molecule has 28 heavy (non-hydrogen) atoms. The predicted octanol–water partition coefficient (Wildman–Crippen LogP) is 5.04. The number of hydrogen-bond donors (Lipinski definition) is 0. The third kappa shape index (κ3) is 3.85. The van der Waals surface area contributed by atoms with Gasteiger partial charge in [-0.3, -0.25) is 4.79 Å². The number of benzene rings is 3. The van der Waals surface area contributed by atoms with Crippen molar-refractivity contribution in [1.29, 1.82) is 0 Å². The zero-order chi connectivity index (χ0) is 20.3. The lowest BCUT2D eigenvalue weighted by molar-refractivity contribution is 0.101. The number of anilines is 1. The Morgan fingerprint density at radius 2 is 1.54 bits per heavy atom. The number of hydrogen-bond acceptors (Lipinski definition) is 4. The standard InChI is InChI=1S/C20H15Cl2NO4S/c1-27-19-12-11-14(13-18(19)22)23(20(24)16-9-5-6-10-17(16)21)28(25,26)15-7-3-2-4-8-15/h2-13H,1H3. The molecule has 0 heterocycles. The molecule has 0 bridgehead atoms. The second-order valence-corrected chi connectivity index (χ2v) is 8.29. The van der Waals surface area contributed by atoms with E-state index in [0.717, 1.165) is 0 Å². The third-order valence-corrected chi connectivity index (χ3v) is 6.29. The van der Waals surface area contributed by atoms with Crippen LogP contribution in [-0.4, -0.2) is 21.4 Å². The van der Waals surface area contributed by atoms with Gasteiger partial charge >= 0.3 is 0 Å². The number of carbonyl (C=O) groups excluding carboxylic acids is 1. The molecule has 5 nitrogen and oxygen atoms in total. The van der Waals surface area contributed by atoms with E-state index in [4.69, 9.17) is 27.9 Å². The van der Waals surface area contributed by atoms with Gasteiger partial charge in [-0.05, 0) is 42.5 Å². The van der Waals surface area contributed by atoms with Gasteiger partial charge in [0.1, 0.15) is 5.75 Å². The average molecular weight is 436 g/mol. The molecule has 0 aliphatic heterocycles. The van der Waals surface area contributed by atoms with Crippen LogP contribution < -0.4 is 9.04 Å². The van der Waals surface area contributed by atoms with E-state index < -0.39 is 15.9 Å². The van der Waals surface area contributed by atoms with Gasteiger partial charge in [-0.15, -0.1) is 0 Å². The maximum atomic E-state index is 13.3. The van der Waals surface area contributed by atoms with E-state index in [2.05, 4.69) is 0 Å². The highest BCUT2D eigenvalue weighted by atomic mass is 35.5. The topological polar surface area (TPSA) is 63.7 Å². The average Bonchev–Trinajstić information content (AvgIpc) is 2.69. The fraction of sp³-hybridized carbons (Fsp3) is 0.0500. The molecule has 0 radical (unpaired) electrons. The van der Waals surface area contributed by atoms with Crippen LogP contribution in [0.25, 0.3) is 0 Å². The summed E-state index contributed by atoms with van der Waals surface area (Å²) in [6.07, 6.45) is 0. The maximum Gasteiger partial charge on any atom is 0.273 e. The fourth-order valence-corrected chi connectivity index (χ4v) is 4.48. The monoisotopic (exact) mass is 435 g/mol. The summed E-state index contributed by atoms with van der Waals surface area (Å²) in [7, 11) is -2.79. The van der Waals surface area contributed by atoms with Gasteiger partial charge in [0.2, 0.25) is 0 Å². The largest absolute Gasteiger partial charge is 0.495 e. The van der Waals surface area contributed by atoms with Crippen molar-refractivity contribution in [2.45, 2.75) is 4.90 Å². The highest BCUT2D eigenvalue weighted by Gasteiger charge is 2.33. The number of carbonyl (C=O) groups is 1. The molecule has 0 aliphatic carbocycles. The number of methoxy groups -OCH3 is 1. The van der Waals surface area contributed by atoms with Crippen LogP contribution in [0.2, 0.25) is 10.0 Å².